The van der Waals surface area contributed by atoms with Gasteiger partial charge in [-0.2, -0.15) is 0 Å². The van der Waals surface area contributed by atoms with E-state index in [2.05, 4.69) is 53.3 Å². The Balaban J connectivity index is 2.00. The standard InChI is InChI=1S/C15H22BrN/c1-3-12-5-4-6-14(10-12)17-15-8-7-13(16)9-11(15)2/h7-9,12,14,17H,3-6,10H2,1-2H3. The van der Waals surface area contributed by atoms with Gasteiger partial charge in [-0.1, -0.05) is 42.1 Å². The van der Waals surface area contributed by atoms with Crippen molar-refractivity contribution < 1.29 is 0 Å². The summed E-state index contributed by atoms with van der Waals surface area (Å²) < 4.78 is 1.16. The molecule has 0 bridgehead atoms. The molecule has 2 heteroatoms. The Morgan fingerprint density at radius 2 is 2.18 bits per heavy atom. The van der Waals surface area contributed by atoms with E-state index < -0.39 is 0 Å². The normalized spacial score (nSPS) is 24.6. The van der Waals surface area contributed by atoms with Crippen molar-refractivity contribution in [2.24, 2.45) is 5.92 Å². The maximum absolute atomic E-state index is 3.72. The quantitative estimate of drug-likeness (QED) is 0.814. The van der Waals surface area contributed by atoms with Crippen molar-refractivity contribution in [3.63, 3.8) is 0 Å². The van der Waals surface area contributed by atoms with Crippen LogP contribution in [0.15, 0.2) is 22.7 Å². The van der Waals surface area contributed by atoms with Crippen LogP contribution in [0.5, 0.6) is 0 Å². The molecule has 1 nitrogen and oxygen atoms in total. The Bertz CT molecular complexity index is 375. The van der Waals surface area contributed by atoms with Gasteiger partial charge in [0.25, 0.3) is 0 Å². The SMILES string of the molecule is CCC1CCCC(Nc2ccc(Br)cc2C)C1. The summed E-state index contributed by atoms with van der Waals surface area (Å²) in [6, 6.07) is 7.17. The van der Waals surface area contributed by atoms with Crippen LogP contribution in [-0.4, -0.2) is 6.04 Å². The second kappa shape index (κ2) is 5.90. The number of benzene rings is 1. The fourth-order valence-electron chi connectivity index (χ4n) is 2.80. The van der Waals surface area contributed by atoms with Crippen molar-refractivity contribution in [1.29, 1.82) is 0 Å². The number of hydrogen-bond donors (Lipinski definition) is 1. The smallest absolute Gasteiger partial charge is 0.0372 e. The Labute approximate surface area is 113 Å². The van der Waals surface area contributed by atoms with Gasteiger partial charge < -0.3 is 5.32 Å². The average Bonchev–Trinajstić information content (AvgIpc) is 2.33. The molecule has 0 aromatic heterocycles. The molecule has 0 aliphatic heterocycles. The highest BCUT2D eigenvalue weighted by atomic mass is 79.9. The fraction of sp³-hybridized carbons (Fsp3) is 0.600. The van der Waals surface area contributed by atoms with E-state index >= 15 is 0 Å². The van der Waals surface area contributed by atoms with Crippen LogP contribution in [0, 0.1) is 12.8 Å². The van der Waals surface area contributed by atoms with Gasteiger partial charge in [0.15, 0.2) is 0 Å². The summed E-state index contributed by atoms with van der Waals surface area (Å²) in [7, 11) is 0. The van der Waals surface area contributed by atoms with Crippen LogP contribution in [0.1, 0.15) is 44.6 Å². The maximum Gasteiger partial charge on any atom is 0.0372 e. The zero-order valence-electron chi connectivity index (χ0n) is 10.8. The van der Waals surface area contributed by atoms with E-state index in [0.717, 1.165) is 10.4 Å². The van der Waals surface area contributed by atoms with Gasteiger partial charge in [-0.05, 0) is 49.4 Å². The monoisotopic (exact) mass is 295 g/mol. The second-order valence-corrected chi connectivity index (χ2v) is 6.16. The lowest BCUT2D eigenvalue weighted by Gasteiger charge is -2.30. The van der Waals surface area contributed by atoms with Crippen LogP contribution in [0.3, 0.4) is 0 Å². The third-order valence-corrected chi connectivity index (χ3v) is 4.40. The van der Waals surface area contributed by atoms with Crippen LogP contribution in [0.4, 0.5) is 5.69 Å². The number of halogens is 1. The minimum atomic E-state index is 0.675. The fourth-order valence-corrected chi connectivity index (χ4v) is 3.28. The Morgan fingerprint density at radius 1 is 1.35 bits per heavy atom. The molecular weight excluding hydrogens is 274 g/mol. The molecule has 0 spiro atoms. The van der Waals surface area contributed by atoms with E-state index in [1.165, 1.54) is 43.4 Å². The van der Waals surface area contributed by atoms with Crippen LogP contribution in [0.2, 0.25) is 0 Å². The first kappa shape index (κ1) is 12.9. The molecular formula is C15H22BrN. The van der Waals surface area contributed by atoms with Crippen molar-refractivity contribution >= 4 is 21.6 Å². The highest BCUT2D eigenvalue weighted by Gasteiger charge is 2.20. The molecule has 1 aromatic rings. The molecule has 1 N–H and O–H groups in total. The van der Waals surface area contributed by atoms with E-state index in [1.54, 1.807) is 0 Å². The van der Waals surface area contributed by atoms with Crippen LogP contribution in [-0.2, 0) is 0 Å². The van der Waals surface area contributed by atoms with Gasteiger partial charge >= 0.3 is 0 Å². The third-order valence-electron chi connectivity index (χ3n) is 3.91. The van der Waals surface area contributed by atoms with Gasteiger partial charge in [0.2, 0.25) is 0 Å². The maximum atomic E-state index is 3.72. The molecule has 0 radical (unpaired) electrons. The topological polar surface area (TPSA) is 12.0 Å². The predicted octanol–water partition coefficient (Wildman–Crippen LogP) is 5.14. The molecule has 94 valence electrons. The summed E-state index contributed by atoms with van der Waals surface area (Å²) in [5.41, 5.74) is 2.63. The van der Waals surface area contributed by atoms with E-state index in [-0.39, 0.29) is 0 Å². The predicted molar refractivity (Wildman–Crippen MR) is 78.5 cm³/mol. The number of aryl methyl sites for hydroxylation is 1. The first-order valence-electron chi connectivity index (χ1n) is 6.71. The molecule has 2 atom stereocenters. The summed E-state index contributed by atoms with van der Waals surface area (Å²) in [5, 5.41) is 3.72. The molecule has 1 fully saturated rings. The minimum absolute atomic E-state index is 0.675. The van der Waals surface area contributed by atoms with Gasteiger partial charge in [0.1, 0.15) is 0 Å². The van der Waals surface area contributed by atoms with Crippen molar-refractivity contribution in [3.05, 3.63) is 28.2 Å². The van der Waals surface area contributed by atoms with Crippen molar-refractivity contribution in [1.82, 2.24) is 0 Å². The lowest BCUT2D eigenvalue weighted by molar-refractivity contribution is 0.327. The molecule has 0 saturated heterocycles. The average molecular weight is 296 g/mol. The molecule has 0 amide bonds. The zero-order chi connectivity index (χ0) is 12.3. The molecule has 2 rings (SSSR count). The van der Waals surface area contributed by atoms with Crippen molar-refractivity contribution in [2.75, 3.05) is 5.32 Å². The summed E-state index contributed by atoms with van der Waals surface area (Å²) in [5.74, 6) is 0.928. The summed E-state index contributed by atoms with van der Waals surface area (Å²) >= 11 is 3.51. The molecule has 2 unspecified atom stereocenters. The van der Waals surface area contributed by atoms with E-state index in [1.807, 2.05) is 0 Å². The Morgan fingerprint density at radius 3 is 2.88 bits per heavy atom. The molecule has 1 aliphatic rings. The zero-order valence-corrected chi connectivity index (χ0v) is 12.4. The summed E-state index contributed by atoms with van der Waals surface area (Å²) in [6.45, 7) is 4.49. The van der Waals surface area contributed by atoms with Crippen molar-refractivity contribution in [2.45, 2.75) is 52.0 Å². The van der Waals surface area contributed by atoms with Crippen LogP contribution < -0.4 is 5.32 Å². The minimum Gasteiger partial charge on any atom is -0.382 e. The first-order valence-corrected chi connectivity index (χ1v) is 7.51. The molecule has 17 heavy (non-hydrogen) atoms. The highest BCUT2D eigenvalue weighted by Crippen LogP contribution is 2.30. The summed E-state index contributed by atoms with van der Waals surface area (Å²) in [4.78, 5) is 0. The van der Waals surface area contributed by atoms with Gasteiger partial charge in [-0.15, -0.1) is 0 Å². The van der Waals surface area contributed by atoms with Crippen LogP contribution in [0.25, 0.3) is 0 Å². The lowest BCUT2D eigenvalue weighted by Crippen LogP contribution is -2.27. The van der Waals surface area contributed by atoms with Gasteiger partial charge in [0, 0.05) is 16.2 Å². The first-order chi connectivity index (χ1) is 8.19. The number of anilines is 1. The van der Waals surface area contributed by atoms with Crippen LogP contribution >= 0.6 is 15.9 Å². The van der Waals surface area contributed by atoms with Gasteiger partial charge in [0.05, 0.1) is 0 Å². The molecule has 1 aromatic carbocycles. The number of hydrogen-bond acceptors (Lipinski definition) is 1. The van der Waals surface area contributed by atoms with Crippen molar-refractivity contribution in [3.8, 4) is 0 Å². The number of nitrogens with one attached hydrogen (secondary N) is 1. The largest absolute Gasteiger partial charge is 0.382 e. The molecule has 1 saturated carbocycles. The lowest BCUT2D eigenvalue weighted by atomic mass is 9.84. The number of rotatable bonds is 3. The van der Waals surface area contributed by atoms with Gasteiger partial charge in [-0.25, -0.2) is 0 Å². The molecule has 0 heterocycles. The Kier molecular flexibility index (Phi) is 4.49. The highest BCUT2D eigenvalue weighted by molar-refractivity contribution is 9.10. The molecule has 1 aliphatic carbocycles. The van der Waals surface area contributed by atoms with E-state index in [4.69, 9.17) is 0 Å². The van der Waals surface area contributed by atoms with Gasteiger partial charge in [-0.3, -0.25) is 0 Å². The third kappa shape index (κ3) is 3.48. The Hall–Kier alpha value is -0.500. The summed E-state index contributed by atoms with van der Waals surface area (Å²) in [6.07, 6.45) is 6.80. The second-order valence-electron chi connectivity index (χ2n) is 5.24. The van der Waals surface area contributed by atoms with E-state index in [0.29, 0.717) is 6.04 Å². The van der Waals surface area contributed by atoms with E-state index in [9.17, 15) is 0 Å².